The fraction of sp³-hybridized carbons (Fsp3) is 0.333. The first-order valence-corrected chi connectivity index (χ1v) is 8.13. The van der Waals surface area contributed by atoms with Gasteiger partial charge in [-0.3, -0.25) is 0 Å². The van der Waals surface area contributed by atoms with E-state index in [2.05, 4.69) is 30.2 Å². The Morgan fingerprint density at radius 2 is 2.18 bits per heavy atom. The van der Waals surface area contributed by atoms with Crippen molar-refractivity contribution in [3.63, 3.8) is 0 Å². The minimum Gasteiger partial charge on any atom is -0.384 e. The van der Waals surface area contributed by atoms with Crippen LogP contribution in [0.5, 0.6) is 0 Å². The molecule has 1 aliphatic rings. The number of pyridine rings is 1. The largest absolute Gasteiger partial charge is 0.384 e. The van der Waals surface area contributed by atoms with Crippen molar-refractivity contribution in [3.05, 3.63) is 34.5 Å². The number of rotatable bonds is 2. The number of nitrogens with two attached hydrogens (primary N) is 1. The van der Waals surface area contributed by atoms with Gasteiger partial charge in [-0.05, 0) is 25.5 Å². The highest BCUT2D eigenvalue weighted by Crippen LogP contribution is 2.33. The van der Waals surface area contributed by atoms with Gasteiger partial charge in [-0.15, -0.1) is 11.3 Å². The molecule has 1 aliphatic heterocycles. The molecule has 0 bridgehead atoms. The van der Waals surface area contributed by atoms with Crippen molar-refractivity contribution in [1.29, 1.82) is 0 Å². The Bertz CT molecular complexity index is 830. The van der Waals surface area contributed by atoms with E-state index in [0.717, 1.165) is 36.4 Å². The van der Waals surface area contributed by atoms with Gasteiger partial charge < -0.3 is 10.6 Å². The van der Waals surface area contributed by atoms with Gasteiger partial charge in [-0.2, -0.15) is 0 Å². The maximum Gasteiger partial charge on any atom is 0.166 e. The molecule has 0 radical (unpaired) electrons. The van der Waals surface area contributed by atoms with Gasteiger partial charge in [0.25, 0.3) is 0 Å². The van der Waals surface area contributed by atoms with Crippen molar-refractivity contribution in [3.8, 4) is 0 Å². The molecule has 1 atom stereocenters. The van der Waals surface area contributed by atoms with Gasteiger partial charge in [0.05, 0.1) is 10.4 Å². The van der Waals surface area contributed by atoms with Crippen molar-refractivity contribution in [2.75, 3.05) is 23.7 Å². The molecule has 0 amide bonds. The van der Waals surface area contributed by atoms with Crippen LogP contribution in [0.1, 0.15) is 23.0 Å². The monoisotopic (exact) mass is 312 g/mol. The number of nitrogens with zero attached hydrogens (tertiary/aromatic N) is 5. The molecule has 7 heteroatoms. The number of hydrogen-bond acceptors (Lipinski definition) is 7. The Balaban J connectivity index is 1.66. The summed E-state index contributed by atoms with van der Waals surface area (Å²) in [6.45, 7) is 3.95. The molecule has 1 fully saturated rings. The van der Waals surface area contributed by atoms with Gasteiger partial charge in [0.15, 0.2) is 5.65 Å². The van der Waals surface area contributed by atoms with Gasteiger partial charge in [-0.25, -0.2) is 19.9 Å². The molecule has 6 nitrogen and oxygen atoms in total. The standard InChI is InChI=1S/C15H16N6S/c1-9-7-22-15(19-9)10-4-5-21(6-10)14-11-2-3-12(16)20-13(11)17-8-18-14/h2-3,7-8,10H,4-6H2,1H3,(H2,16,17,18,20). The number of aryl methyl sites for hydroxylation is 1. The van der Waals surface area contributed by atoms with Gasteiger partial charge in [0.1, 0.15) is 18.0 Å². The van der Waals surface area contributed by atoms with E-state index in [0.29, 0.717) is 17.4 Å². The molecule has 1 saturated heterocycles. The van der Waals surface area contributed by atoms with E-state index in [4.69, 9.17) is 5.73 Å². The number of anilines is 2. The van der Waals surface area contributed by atoms with Crippen molar-refractivity contribution >= 4 is 34.0 Å². The topological polar surface area (TPSA) is 80.8 Å². The van der Waals surface area contributed by atoms with Gasteiger partial charge in [0, 0.05) is 30.1 Å². The Hall–Kier alpha value is -2.28. The molecule has 2 N–H and O–H groups in total. The Morgan fingerprint density at radius 3 is 3.00 bits per heavy atom. The lowest BCUT2D eigenvalue weighted by Gasteiger charge is -2.18. The highest BCUT2D eigenvalue weighted by molar-refractivity contribution is 7.09. The molecular weight excluding hydrogens is 296 g/mol. The Morgan fingerprint density at radius 1 is 1.27 bits per heavy atom. The third-order valence-electron chi connectivity index (χ3n) is 3.97. The summed E-state index contributed by atoms with van der Waals surface area (Å²) in [7, 11) is 0. The van der Waals surface area contributed by atoms with Crippen LogP contribution in [-0.2, 0) is 0 Å². The normalized spacial score (nSPS) is 18.2. The van der Waals surface area contributed by atoms with Crippen LogP contribution in [0.3, 0.4) is 0 Å². The van der Waals surface area contributed by atoms with E-state index in [1.807, 2.05) is 13.0 Å². The lowest BCUT2D eigenvalue weighted by Crippen LogP contribution is -2.21. The van der Waals surface area contributed by atoms with Crippen molar-refractivity contribution in [1.82, 2.24) is 19.9 Å². The van der Waals surface area contributed by atoms with Crippen molar-refractivity contribution < 1.29 is 0 Å². The van der Waals surface area contributed by atoms with Crippen LogP contribution in [-0.4, -0.2) is 33.0 Å². The first kappa shape index (κ1) is 13.4. The number of thiazole rings is 1. The summed E-state index contributed by atoms with van der Waals surface area (Å²) >= 11 is 1.75. The molecule has 3 aromatic rings. The molecule has 112 valence electrons. The zero-order chi connectivity index (χ0) is 15.1. The minimum absolute atomic E-state index is 0.477. The maximum atomic E-state index is 5.74. The Kier molecular flexibility index (Phi) is 3.15. The summed E-state index contributed by atoms with van der Waals surface area (Å²) in [5.74, 6) is 1.90. The van der Waals surface area contributed by atoms with Crippen LogP contribution in [0.25, 0.3) is 11.0 Å². The molecule has 0 aromatic carbocycles. The fourth-order valence-corrected chi connectivity index (χ4v) is 3.84. The molecule has 0 saturated carbocycles. The molecule has 22 heavy (non-hydrogen) atoms. The second kappa shape index (κ2) is 5.17. The second-order valence-electron chi connectivity index (χ2n) is 5.56. The lowest BCUT2D eigenvalue weighted by atomic mass is 10.1. The summed E-state index contributed by atoms with van der Waals surface area (Å²) in [6.07, 6.45) is 2.66. The van der Waals surface area contributed by atoms with Crippen LogP contribution in [0.4, 0.5) is 11.6 Å². The van der Waals surface area contributed by atoms with Gasteiger partial charge >= 0.3 is 0 Å². The first-order valence-electron chi connectivity index (χ1n) is 7.25. The maximum absolute atomic E-state index is 5.74. The van der Waals surface area contributed by atoms with Crippen LogP contribution in [0.15, 0.2) is 23.8 Å². The summed E-state index contributed by atoms with van der Waals surface area (Å²) < 4.78 is 0. The zero-order valence-electron chi connectivity index (χ0n) is 12.2. The summed E-state index contributed by atoms with van der Waals surface area (Å²) in [6, 6.07) is 3.75. The summed E-state index contributed by atoms with van der Waals surface area (Å²) in [5, 5.41) is 4.29. The van der Waals surface area contributed by atoms with E-state index < -0.39 is 0 Å². The average Bonchev–Trinajstić information content (AvgIpc) is 3.15. The predicted molar refractivity (Wildman–Crippen MR) is 88.2 cm³/mol. The highest BCUT2D eigenvalue weighted by atomic mass is 32.1. The second-order valence-corrected chi connectivity index (χ2v) is 6.45. The van der Waals surface area contributed by atoms with E-state index in [9.17, 15) is 0 Å². The van der Waals surface area contributed by atoms with Crippen molar-refractivity contribution in [2.45, 2.75) is 19.3 Å². The number of fused-ring (bicyclic) bond motifs is 1. The van der Waals surface area contributed by atoms with Gasteiger partial charge in [0.2, 0.25) is 0 Å². The smallest absolute Gasteiger partial charge is 0.166 e. The summed E-state index contributed by atoms with van der Waals surface area (Å²) in [5.41, 5.74) is 7.49. The summed E-state index contributed by atoms with van der Waals surface area (Å²) in [4.78, 5) is 19.9. The molecule has 0 aliphatic carbocycles. The number of nitrogen functional groups attached to an aromatic ring is 1. The van der Waals surface area contributed by atoms with Crippen molar-refractivity contribution in [2.24, 2.45) is 0 Å². The van der Waals surface area contributed by atoms with E-state index in [1.54, 1.807) is 23.7 Å². The van der Waals surface area contributed by atoms with Crippen LogP contribution in [0.2, 0.25) is 0 Å². The minimum atomic E-state index is 0.477. The highest BCUT2D eigenvalue weighted by Gasteiger charge is 2.28. The van der Waals surface area contributed by atoms with Crippen LogP contribution in [0, 0.1) is 6.92 Å². The molecule has 3 aromatic heterocycles. The quantitative estimate of drug-likeness (QED) is 0.782. The SMILES string of the molecule is Cc1csc(C2CCN(c3ncnc4nc(N)ccc34)C2)n1. The molecule has 4 heterocycles. The molecule has 4 rings (SSSR count). The molecular formula is C15H16N6S. The van der Waals surface area contributed by atoms with Gasteiger partial charge in [-0.1, -0.05) is 0 Å². The Labute approximate surface area is 132 Å². The number of aromatic nitrogens is 4. The van der Waals surface area contributed by atoms with E-state index >= 15 is 0 Å². The van der Waals surface area contributed by atoms with E-state index in [-0.39, 0.29) is 0 Å². The van der Waals surface area contributed by atoms with E-state index in [1.165, 1.54) is 5.01 Å². The lowest BCUT2D eigenvalue weighted by molar-refractivity contribution is 0.763. The van der Waals surface area contributed by atoms with Crippen LogP contribution >= 0.6 is 11.3 Å². The third-order valence-corrected chi connectivity index (χ3v) is 5.10. The molecule has 1 unspecified atom stereocenters. The average molecular weight is 312 g/mol. The third kappa shape index (κ3) is 2.27. The zero-order valence-corrected chi connectivity index (χ0v) is 13.0. The predicted octanol–water partition coefficient (Wildman–Crippen LogP) is 2.37. The van der Waals surface area contributed by atoms with Crippen LogP contribution < -0.4 is 10.6 Å². The fourth-order valence-electron chi connectivity index (χ4n) is 2.91. The molecule has 0 spiro atoms. The number of hydrogen-bond donors (Lipinski definition) is 1. The first-order chi connectivity index (χ1) is 10.7.